The van der Waals surface area contributed by atoms with Gasteiger partial charge in [-0.3, -0.25) is 4.79 Å². The van der Waals surface area contributed by atoms with E-state index in [9.17, 15) is 65.8 Å². The molecule has 0 radical (unpaired) electrons. The van der Waals surface area contributed by atoms with E-state index in [1.165, 1.54) is 44.4 Å². The number of carbonyl (C=O) groups excluding carboxylic acids is 1. The van der Waals surface area contributed by atoms with Gasteiger partial charge in [0.25, 0.3) is 0 Å². The van der Waals surface area contributed by atoms with E-state index in [0.29, 0.717) is 5.56 Å². The molecule has 312 valence electrons. The highest BCUT2D eigenvalue weighted by Crippen LogP contribution is 2.42. The smallest absolute Gasteiger partial charge is 0.330 e. The van der Waals surface area contributed by atoms with Gasteiger partial charge in [0.2, 0.25) is 17.5 Å². The topological polar surface area (TPSA) is 325 Å². The average molecular weight is 817 g/mol. The second kappa shape index (κ2) is 17.0. The third kappa shape index (κ3) is 8.18. The maximum atomic E-state index is 14.1. The number of aromatic hydroxyl groups is 5. The summed E-state index contributed by atoms with van der Waals surface area (Å²) in [6.07, 6.45) is -16.7. The molecule has 0 saturated carbocycles. The van der Waals surface area contributed by atoms with E-state index in [-0.39, 0.29) is 28.2 Å². The Labute approximate surface area is 326 Å². The number of esters is 1. The zero-order chi connectivity index (χ0) is 42.2. The fourth-order valence-corrected chi connectivity index (χ4v) is 6.39. The van der Waals surface area contributed by atoms with Crippen molar-refractivity contribution in [2.24, 2.45) is 0 Å². The number of phenolic OH excluding ortho intramolecular Hbond substituents is 5. The highest BCUT2D eigenvalue weighted by atomic mass is 16.8. The molecule has 10 atom stereocenters. The number of aliphatic hydroxyl groups is 6. The normalized spacial score (nSPS) is 27.4. The molecule has 3 heterocycles. The molecule has 2 aliphatic heterocycles. The number of aliphatic hydroxyl groups excluding tert-OH is 6. The van der Waals surface area contributed by atoms with E-state index >= 15 is 0 Å². The molecule has 0 bridgehead atoms. The molecular weight excluding hydrogens is 776 g/mol. The minimum absolute atomic E-state index is 0.0353. The van der Waals surface area contributed by atoms with Gasteiger partial charge in [-0.1, -0.05) is 6.07 Å². The van der Waals surface area contributed by atoms with Crippen LogP contribution in [0.2, 0.25) is 0 Å². The third-order valence-corrected chi connectivity index (χ3v) is 9.60. The van der Waals surface area contributed by atoms with Crippen LogP contribution >= 0.6 is 0 Å². The van der Waals surface area contributed by atoms with Gasteiger partial charge >= 0.3 is 5.97 Å². The van der Waals surface area contributed by atoms with Crippen molar-refractivity contribution in [2.75, 3.05) is 20.3 Å². The molecule has 20 heteroatoms. The Kier molecular flexibility index (Phi) is 12.3. The number of hydrogen-bond acceptors (Lipinski definition) is 20. The first kappa shape index (κ1) is 41.9. The summed E-state index contributed by atoms with van der Waals surface area (Å²) in [6.45, 7) is -0.280. The summed E-state index contributed by atoms with van der Waals surface area (Å²) in [5.41, 5.74) is -1.10. The van der Waals surface area contributed by atoms with Gasteiger partial charge in [0.15, 0.2) is 41.2 Å². The van der Waals surface area contributed by atoms with E-state index in [1.807, 2.05) is 0 Å². The van der Waals surface area contributed by atoms with Crippen LogP contribution in [0.5, 0.6) is 40.2 Å². The predicted octanol–water partition coefficient (Wildman–Crippen LogP) is -0.428. The SMILES string of the molecule is COc1cc(/C=C\C(=O)OCC2OC(OC3C(Oc4c(-c5ccc(O)c(O)c5C)oc5cc(O)cc(O)c5c4=O)OC(CO)C(O)C3O)C(O)C(O)C2O)ccc1O. The number of hydrogen-bond donors (Lipinski definition) is 11. The molecule has 58 heavy (non-hydrogen) atoms. The summed E-state index contributed by atoms with van der Waals surface area (Å²) < 4.78 is 39.2. The molecule has 1 aromatic heterocycles. The van der Waals surface area contributed by atoms with Gasteiger partial charge in [0, 0.05) is 29.3 Å². The van der Waals surface area contributed by atoms with Crippen LogP contribution in [0.1, 0.15) is 11.1 Å². The van der Waals surface area contributed by atoms with Crippen molar-refractivity contribution in [1.29, 1.82) is 0 Å². The van der Waals surface area contributed by atoms with Crippen molar-refractivity contribution >= 4 is 23.0 Å². The van der Waals surface area contributed by atoms with Gasteiger partial charge in [-0.2, -0.15) is 0 Å². The monoisotopic (exact) mass is 816 g/mol. The van der Waals surface area contributed by atoms with Crippen LogP contribution in [-0.4, -0.2) is 144 Å². The largest absolute Gasteiger partial charge is 0.508 e. The molecule has 2 aliphatic rings. The van der Waals surface area contributed by atoms with Crippen LogP contribution in [0.4, 0.5) is 0 Å². The van der Waals surface area contributed by atoms with Crippen molar-refractivity contribution in [3.05, 3.63) is 69.9 Å². The second-order valence-corrected chi connectivity index (χ2v) is 13.4. The number of carbonyl (C=O) groups is 1. The van der Waals surface area contributed by atoms with E-state index in [1.54, 1.807) is 0 Å². The number of fused-ring (bicyclic) bond motifs is 1. The summed E-state index contributed by atoms with van der Waals surface area (Å²) in [7, 11) is 1.34. The molecule has 0 spiro atoms. The molecule has 4 aromatic rings. The van der Waals surface area contributed by atoms with Crippen LogP contribution in [0, 0.1) is 6.92 Å². The first-order valence-electron chi connectivity index (χ1n) is 17.4. The van der Waals surface area contributed by atoms with Gasteiger partial charge < -0.3 is 89.0 Å². The van der Waals surface area contributed by atoms with Gasteiger partial charge in [0.05, 0.1) is 13.7 Å². The lowest BCUT2D eigenvalue weighted by Crippen LogP contribution is -2.65. The Morgan fingerprint density at radius 3 is 2.21 bits per heavy atom. The van der Waals surface area contributed by atoms with Crippen LogP contribution in [0.3, 0.4) is 0 Å². The number of ether oxygens (including phenoxy) is 6. The lowest BCUT2D eigenvalue weighted by Gasteiger charge is -2.45. The molecule has 20 nitrogen and oxygen atoms in total. The standard InChI is InChI=1S/C38H40O20/c1-14-17(5-7-19(42)27(14)45)34-35(30(48)26-20(43)10-16(40)11-22(26)54-34)57-38-36(32(50)28(46)23(12-39)55-38)58-37-33(51)31(49)29(47)24(56-37)13-53-25(44)8-4-15-3-6-18(41)21(9-15)52-2/h3-11,23-24,28-29,31-33,36-43,45-47,49-51H,12-13H2,1-2H3/b8-4-. The molecule has 2 fully saturated rings. The van der Waals surface area contributed by atoms with Crippen molar-refractivity contribution in [3.63, 3.8) is 0 Å². The first-order chi connectivity index (χ1) is 27.5. The van der Waals surface area contributed by atoms with Gasteiger partial charge in [-0.05, 0) is 42.8 Å². The fraction of sp³-hybridized carbons (Fsp3) is 0.368. The van der Waals surface area contributed by atoms with E-state index < -0.39 is 126 Å². The molecule has 2 saturated heterocycles. The minimum Gasteiger partial charge on any atom is -0.508 e. The van der Waals surface area contributed by atoms with Crippen molar-refractivity contribution in [1.82, 2.24) is 0 Å². The summed E-state index contributed by atoms with van der Waals surface area (Å²) in [4.78, 5) is 26.6. The quantitative estimate of drug-likeness (QED) is 0.0520. The first-order valence-corrected chi connectivity index (χ1v) is 17.4. The lowest BCUT2D eigenvalue weighted by molar-refractivity contribution is -0.358. The molecule has 3 aromatic carbocycles. The Bertz CT molecular complexity index is 2240. The Morgan fingerprint density at radius 1 is 0.810 bits per heavy atom. The summed E-state index contributed by atoms with van der Waals surface area (Å²) in [5, 5.41) is 115. The van der Waals surface area contributed by atoms with E-state index in [0.717, 1.165) is 24.3 Å². The van der Waals surface area contributed by atoms with Crippen LogP contribution in [0.25, 0.3) is 28.4 Å². The highest BCUT2D eigenvalue weighted by Gasteiger charge is 2.52. The summed E-state index contributed by atoms with van der Waals surface area (Å²) in [6, 6.07) is 8.40. The molecule has 11 N–H and O–H groups in total. The average Bonchev–Trinajstić information content (AvgIpc) is 3.19. The minimum atomic E-state index is -2.07. The Balaban J connectivity index is 1.30. The fourth-order valence-electron chi connectivity index (χ4n) is 6.39. The molecule has 6 rings (SSSR count). The van der Waals surface area contributed by atoms with E-state index in [2.05, 4.69) is 0 Å². The predicted molar refractivity (Wildman–Crippen MR) is 194 cm³/mol. The van der Waals surface area contributed by atoms with E-state index in [4.69, 9.17) is 32.8 Å². The zero-order valence-corrected chi connectivity index (χ0v) is 30.5. The number of rotatable bonds is 11. The number of methoxy groups -OCH3 is 1. The Hall–Kier alpha value is -5.68. The Morgan fingerprint density at radius 2 is 1.50 bits per heavy atom. The number of benzene rings is 3. The molecule has 0 aliphatic carbocycles. The van der Waals surface area contributed by atoms with Crippen LogP contribution in [-0.2, 0) is 23.7 Å². The lowest BCUT2D eigenvalue weighted by atomic mass is 9.97. The second-order valence-electron chi connectivity index (χ2n) is 13.4. The van der Waals surface area contributed by atoms with Crippen LogP contribution in [0.15, 0.2) is 57.8 Å². The molecule has 0 amide bonds. The maximum Gasteiger partial charge on any atom is 0.330 e. The zero-order valence-electron chi connectivity index (χ0n) is 30.5. The van der Waals surface area contributed by atoms with Crippen molar-refractivity contribution < 1.29 is 93.8 Å². The third-order valence-electron chi connectivity index (χ3n) is 9.60. The molecule has 10 unspecified atom stereocenters. The highest BCUT2D eigenvalue weighted by molar-refractivity contribution is 5.89. The molecular formula is C38H40O20. The van der Waals surface area contributed by atoms with Crippen molar-refractivity contribution in [2.45, 2.75) is 68.3 Å². The number of phenols is 5. The van der Waals surface area contributed by atoms with Crippen LogP contribution < -0.4 is 14.9 Å². The van der Waals surface area contributed by atoms with Crippen molar-refractivity contribution in [3.8, 4) is 51.6 Å². The van der Waals surface area contributed by atoms with Gasteiger partial charge in [-0.15, -0.1) is 0 Å². The van der Waals surface area contributed by atoms with Gasteiger partial charge in [0.1, 0.15) is 71.8 Å². The van der Waals surface area contributed by atoms with Gasteiger partial charge in [-0.25, -0.2) is 4.79 Å². The summed E-state index contributed by atoms with van der Waals surface area (Å²) in [5.74, 6) is -4.56. The summed E-state index contributed by atoms with van der Waals surface area (Å²) >= 11 is 0. The maximum absolute atomic E-state index is 14.1.